The number of benzene rings is 5. The Bertz CT molecular complexity index is 1800. The standard InChI is InChI=1S/C29H28N2O7S/c1-30-39(35,36)16-15-38-14-13-37-12-11-31-28(32)27-23(29(33)34)17-19-7-4-9-21-20-8-2-5-18-6-3-10-22(24(18)20)26(27)25(19)21/h2-10,17,30H,11-16H2,1H3,(H,31,32)(H,33,34). The van der Waals surface area contributed by atoms with Crippen LogP contribution in [0.3, 0.4) is 0 Å². The summed E-state index contributed by atoms with van der Waals surface area (Å²) in [7, 11) is -1.97. The molecule has 0 aromatic heterocycles. The predicted octanol–water partition coefficient (Wildman–Crippen LogP) is 3.75. The average molecular weight is 549 g/mol. The molecule has 5 aromatic rings. The van der Waals surface area contributed by atoms with Gasteiger partial charge in [0.1, 0.15) is 0 Å². The molecular weight excluding hydrogens is 520 g/mol. The Morgan fingerprint density at radius 1 is 0.795 bits per heavy atom. The van der Waals surface area contributed by atoms with Crippen LogP contribution in [0.2, 0.25) is 0 Å². The maximum absolute atomic E-state index is 13.5. The number of carboxylic acid groups (broad SMARTS) is 1. The van der Waals surface area contributed by atoms with Crippen LogP contribution in [0, 0.1) is 0 Å². The summed E-state index contributed by atoms with van der Waals surface area (Å²) >= 11 is 0. The summed E-state index contributed by atoms with van der Waals surface area (Å²) in [5.74, 6) is -1.81. The van der Waals surface area contributed by atoms with Gasteiger partial charge in [0.15, 0.2) is 0 Å². The fourth-order valence-corrected chi connectivity index (χ4v) is 5.59. The van der Waals surface area contributed by atoms with E-state index >= 15 is 0 Å². The molecule has 9 nitrogen and oxygen atoms in total. The highest BCUT2D eigenvalue weighted by atomic mass is 32.2. The highest BCUT2D eigenvalue weighted by Gasteiger charge is 2.25. The third-order valence-electron chi connectivity index (χ3n) is 6.80. The van der Waals surface area contributed by atoms with Crippen LogP contribution in [0.5, 0.6) is 0 Å². The number of amides is 1. The third-order valence-corrected chi connectivity index (χ3v) is 8.13. The highest BCUT2D eigenvalue weighted by Crippen LogP contribution is 2.42. The molecule has 0 unspecified atom stereocenters. The van der Waals surface area contributed by atoms with Gasteiger partial charge in [-0.3, -0.25) is 4.79 Å². The summed E-state index contributed by atoms with van der Waals surface area (Å²) in [6.07, 6.45) is 0. The van der Waals surface area contributed by atoms with E-state index in [0.29, 0.717) is 5.39 Å². The summed E-state index contributed by atoms with van der Waals surface area (Å²) in [6.45, 7) is 0.811. The monoisotopic (exact) mass is 548 g/mol. The second-order valence-corrected chi connectivity index (χ2v) is 11.1. The van der Waals surface area contributed by atoms with Crippen molar-refractivity contribution in [2.45, 2.75) is 0 Å². The van der Waals surface area contributed by atoms with Gasteiger partial charge >= 0.3 is 5.97 Å². The van der Waals surface area contributed by atoms with Gasteiger partial charge in [0.25, 0.3) is 5.91 Å². The lowest BCUT2D eigenvalue weighted by atomic mass is 9.85. The minimum atomic E-state index is -3.32. The Morgan fingerprint density at radius 2 is 1.41 bits per heavy atom. The smallest absolute Gasteiger partial charge is 0.336 e. The van der Waals surface area contributed by atoms with Crippen LogP contribution in [0.25, 0.3) is 43.1 Å². The van der Waals surface area contributed by atoms with E-state index in [1.807, 2.05) is 48.5 Å². The molecule has 0 aliphatic heterocycles. The summed E-state index contributed by atoms with van der Waals surface area (Å²) < 4.78 is 35.7. The topological polar surface area (TPSA) is 131 Å². The lowest BCUT2D eigenvalue weighted by molar-refractivity contribution is 0.0536. The van der Waals surface area contributed by atoms with Crippen molar-refractivity contribution in [3.8, 4) is 0 Å². The first-order valence-corrected chi connectivity index (χ1v) is 14.2. The quantitative estimate of drug-likeness (QED) is 0.123. The van der Waals surface area contributed by atoms with E-state index in [9.17, 15) is 23.1 Å². The minimum Gasteiger partial charge on any atom is -0.478 e. The van der Waals surface area contributed by atoms with Crippen molar-refractivity contribution >= 4 is 65.0 Å². The molecule has 0 saturated carbocycles. The number of hydrogen-bond donors (Lipinski definition) is 3. The van der Waals surface area contributed by atoms with Gasteiger partial charge in [-0.25, -0.2) is 17.9 Å². The van der Waals surface area contributed by atoms with Crippen molar-refractivity contribution in [1.82, 2.24) is 10.0 Å². The molecule has 202 valence electrons. The maximum atomic E-state index is 13.5. The number of ether oxygens (including phenoxy) is 2. The van der Waals surface area contributed by atoms with Crippen LogP contribution in [0.1, 0.15) is 20.7 Å². The van der Waals surface area contributed by atoms with Crippen molar-refractivity contribution in [3.63, 3.8) is 0 Å². The predicted molar refractivity (Wildman–Crippen MR) is 151 cm³/mol. The fourth-order valence-electron chi connectivity index (χ4n) is 5.05. The van der Waals surface area contributed by atoms with Crippen molar-refractivity contribution in [2.24, 2.45) is 0 Å². The fraction of sp³-hybridized carbons (Fsp3) is 0.241. The molecule has 5 aromatic carbocycles. The Labute approximate surface area is 225 Å². The molecule has 3 N–H and O–H groups in total. The molecule has 0 fully saturated rings. The highest BCUT2D eigenvalue weighted by molar-refractivity contribution is 7.89. The number of fused-ring (bicyclic) bond motifs is 2. The number of aromatic carboxylic acids is 1. The lowest BCUT2D eigenvalue weighted by Crippen LogP contribution is -2.29. The lowest BCUT2D eigenvalue weighted by Gasteiger charge is -2.18. The Hall–Kier alpha value is -3.83. The number of rotatable bonds is 12. The molecule has 39 heavy (non-hydrogen) atoms. The first kappa shape index (κ1) is 26.8. The molecule has 0 atom stereocenters. The average Bonchev–Trinajstić information content (AvgIpc) is 2.93. The Balaban J connectivity index is 1.40. The molecule has 0 heterocycles. The Morgan fingerprint density at radius 3 is 2.08 bits per heavy atom. The number of carbonyl (C=O) groups is 2. The summed E-state index contributed by atoms with van der Waals surface area (Å²) in [6, 6.07) is 19.3. The molecule has 1 amide bonds. The van der Waals surface area contributed by atoms with Gasteiger partial charge in [-0.2, -0.15) is 0 Å². The normalized spacial score (nSPS) is 12.1. The zero-order valence-corrected chi connectivity index (χ0v) is 22.1. The second kappa shape index (κ2) is 11.1. The van der Waals surface area contributed by atoms with Crippen LogP contribution < -0.4 is 10.0 Å². The van der Waals surface area contributed by atoms with Crippen molar-refractivity contribution in [3.05, 3.63) is 71.8 Å². The van der Waals surface area contributed by atoms with Crippen molar-refractivity contribution < 1.29 is 32.6 Å². The molecule has 0 saturated heterocycles. The molecular formula is C29H28N2O7S. The molecule has 0 spiro atoms. The van der Waals surface area contributed by atoms with E-state index in [4.69, 9.17) is 9.47 Å². The van der Waals surface area contributed by atoms with Crippen molar-refractivity contribution in [1.29, 1.82) is 0 Å². The SMILES string of the molecule is CNS(=O)(=O)CCOCCOCCNC(=O)c1c(C(=O)O)cc2cccc3c4cccc5cccc(c1c23)c54. The molecule has 10 heteroatoms. The Kier molecular flexibility index (Phi) is 7.62. The number of sulfonamides is 1. The second-order valence-electron chi connectivity index (χ2n) is 9.10. The number of hydrogen-bond acceptors (Lipinski definition) is 6. The van der Waals surface area contributed by atoms with Crippen LogP contribution in [-0.2, 0) is 19.5 Å². The summed E-state index contributed by atoms with van der Waals surface area (Å²) in [4.78, 5) is 25.9. The van der Waals surface area contributed by atoms with Crippen molar-refractivity contribution in [2.75, 3.05) is 45.8 Å². The molecule has 0 aliphatic rings. The minimum absolute atomic E-state index is 0.0455. The van der Waals surface area contributed by atoms with Gasteiger partial charge in [-0.15, -0.1) is 0 Å². The van der Waals surface area contributed by atoms with Gasteiger partial charge in [-0.05, 0) is 50.8 Å². The number of carboxylic acids is 1. The summed E-state index contributed by atoms with van der Waals surface area (Å²) in [5, 5.41) is 20.0. The molecule has 0 bridgehead atoms. The maximum Gasteiger partial charge on any atom is 0.336 e. The largest absolute Gasteiger partial charge is 0.478 e. The van der Waals surface area contributed by atoms with E-state index in [1.165, 1.54) is 7.05 Å². The number of nitrogens with one attached hydrogen (secondary N) is 2. The van der Waals surface area contributed by atoms with E-state index in [2.05, 4.69) is 16.1 Å². The number of carbonyl (C=O) groups excluding carboxylic acids is 1. The van der Waals surface area contributed by atoms with E-state index in [0.717, 1.165) is 37.7 Å². The van der Waals surface area contributed by atoms with E-state index in [1.54, 1.807) is 6.07 Å². The van der Waals surface area contributed by atoms with Gasteiger partial charge in [0.2, 0.25) is 10.0 Å². The molecule has 0 aliphatic carbocycles. The molecule has 5 rings (SSSR count). The zero-order chi connectivity index (χ0) is 27.6. The molecule has 0 radical (unpaired) electrons. The van der Waals surface area contributed by atoms with E-state index < -0.39 is 21.9 Å². The third kappa shape index (κ3) is 5.24. The van der Waals surface area contributed by atoms with Gasteiger partial charge < -0.3 is 19.9 Å². The van der Waals surface area contributed by atoms with Gasteiger partial charge in [0, 0.05) is 11.9 Å². The van der Waals surface area contributed by atoms with Crippen LogP contribution in [-0.4, -0.2) is 71.2 Å². The van der Waals surface area contributed by atoms with Crippen LogP contribution in [0.4, 0.5) is 0 Å². The van der Waals surface area contributed by atoms with Gasteiger partial charge in [-0.1, -0.05) is 54.6 Å². The first-order valence-electron chi connectivity index (χ1n) is 12.5. The van der Waals surface area contributed by atoms with Crippen LogP contribution >= 0.6 is 0 Å². The first-order chi connectivity index (χ1) is 18.8. The van der Waals surface area contributed by atoms with E-state index in [-0.39, 0.29) is 49.9 Å². The summed E-state index contributed by atoms with van der Waals surface area (Å²) in [5.41, 5.74) is 0.0629. The van der Waals surface area contributed by atoms with Crippen LogP contribution in [0.15, 0.2) is 60.7 Å². The van der Waals surface area contributed by atoms with Gasteiger partial charge in [0.05, 0.1) is 43.3 Å². The zero-order valence-electron chi connectivity index (χ0n) is 21.3.